The number of carbonyl (C=O) groups is 1. The molecule has 3 aromatic rings. The van der Waals surface area contributed by atoms with Crippen molar-refractivity contribution >= 4 is 32.9 Å². The Hall–Kier alpha value is -3.30. The van der Waals surface area contributed by atoms with Crippen LogP contribution in [0.2, 0.25) is 0 Å². The third kappa shape index (κ3) is 6.16. The molecule has 2 aliphatic rings. The summed E-state index contributed by atoms with van der Waals surface area (Å²) in [5.74, 6) is -0.388. The molecule has 0 saturated carbocycles. The molecule has 1 saturated heterocycles. The molecule has 1 aromatic carbocycles. The zero-order chi connectivity index (χ0) is 29.5. The van der Waals surface area contributed by atoms with Crippen LogP contribution in [-0.4, -0.2) is 51.6 Å². The lowest BCUT2D eigenvalue weighted by Gasteiger charge is -2.31. The second kappa shape index (κ2) is 11.5. The minimum atomic E-state index is -4.40. The van der Waals surface area contributed by atoms with Gasteiger partial charge in [-0.1, -0.05) is 12.1 Å². The first-order valence-electron chi connectivity index (χ1n) is 12.8. The lowest BCUT2D eigenvalue weighted by atomic mass is 9.96. The highest BCUT2D eigenvalue weighted by Gasteiger charge is 2.31. The number of carbonyl (C=O) groups excluding carboxylic acids is 1. The topological polar surface area (TPSA) is 117 Å². The molecule has 2 aliphatic heterocycles. The molecule has 0 aliphatic carbocycles. The van der Waals surface area contributed by atoms with Crippen LogP contribution in [0, 0.1) is 6.92 Å². The third-order valence-corrected chi connectivity index (χ3v) is 9.32. The number of nitrogens with zero attached hydrogens (tertiary/aromatic N) is 4. The molecule has 1 fully saturated rings. The summed E-state index contributed by atoms with van der Waals surface area (Å²) in [4.78, 5) is 18.9. The van der Waals surface area contributed by atoms with Gasteiger partial charge in [0.15, 0.2) is 0 Å². The number of hydrogen-bond donors (Lipinski definition) is 2. The van der Waals surface area contributed by atoms with Gasteiger partial charge in [-0.05, 0) is 48.6 Å². The van der Waals surface area contributed by atoms with Gasteiger partial charge >= 0.3 is 0 Å². The molecule has 1 amide bonds. The van der Waals surface area contributed by atoms with Gasteiger partial charge in [0.25, 0.3) is 23.0 Å². The zero-order valence-electron chi connectivity index (χ0n) is 21.8. The number of piperidine rings is 1. The highest BCUT2D eigenvalue weighted by molar-refractivity contribution is 7.85. The summed E-state index contributed by atoms with van der Waals surface area (Å²) in [6.07, 6.45) is -2.57. The van der Waals surface area contributed by atoms with E-state index in [0.29, 0.717) is 48.7 Å². The second-order valence-corrected chi connectivity index (χ2v) is 12.3. The van der Waals surface area contributed by atoms with Crippen molar-refractivity contribution in [3.8, 4) is 0 Å². The van der Waals surface area contributed by atoms with Gasteiger partial charge in [-0.25, -0.2) is 22.5 Å². The third-order valence-electron chi connectivity index (χ3n) is 7.40. The van der Waals surface area contributed by atoms with Crippen molar-refractivity contribution in [2.75, 3.05) is 13.1 Å². The molecule has 9 nitrogen and oxygen atoms in total. The fraction of sp³-hybridized carbons (Fsp3) is 0.423. The number of thiazole rings is 1. The monoisotopic (exact) mass is 613 g/mol. The predicted molar refractivity (Wildman–Crippen MR) is 142 cm³/mol. The molecule has 220 valence electrons. The molecular weight excluding hydrogens is 586 g/mol. The standard InChI is InChI=1S/C26H27F4N5O4S2/c1-14-3-2-4-21(41(37,38)39)23(14)17-9-16(11-31-17)19-13-40-26(32-19)15-5-7-34(8-6-15)22(36)12-35-20(25(29)30)10-18(33-35)24(27)28/h2-4,10-11,13,15,17,24-25,31H,5-9,12H2,1H3,(H,37,38,39). The van der Waals surface area contributed by atoms with Crippen molar-refractivity contribution in [3.05, 3.63) is 69.1 Å². The van der Waals surface area contributed by atoms with Crippen molar-refractivity contribution in [1.29, 1.82) is 0 Å². The van der Waals surface area contributed by atoms with Gasteiger partial charge in [-0.15, -0.1) is 11.3 Å². The first kappa shape index (κ1) is 29.2. The first-order valence-corrected chi connectivity index (χ1v) is 15.1. The van der Waals surface area contributed by atoms with E-state index in [1.165, 1.54) is 22.3 Å². The van der Waals surface area contributed by atoms with Crippen molar-refractivity contribution in [1.82, 2.24) is 25.0 Å². The van der Waals surface area contributed by atoms with Crippen LogP contribution >= 0.6 is 11.3 Å². The number of halogens is 4. The van der Waals surface area contributed by atoms with Gasteiger partial charge in [-0.2, -0.15) is 13.5 Å². The van der Waals surface area contributed by atoms with Crippen molar-refractivity contribution < 1.29 is 35.3 Å². The Morgan fingerprint density at radius 3 is 2.59 bits per heavy atom. The normalized spacial score (nSPS) is 18.3. The van der Waals surface area contributed by atoms with E-state index in [1.807, 2.05) is 5.38 Å². The lowest BCUT2D eigenvalue weighted by molar-refractivity contribution is -0.133. The van der Waals surface area contributed by atoms with Crippen LogP contribution in [-0.2, 0) is 21.5 Å². The molecular formula is C26H27F4N5O4S2. The highest BCUT2D eigenvalue weighted by Crippen LogP contribution is 2.38. The molecule has 1 unspecified atom stereocenters. The Bertz CT molecular complexity index is 1580. The minimum Gasteiger partial charge on any atom is -0.383 e. The van der Waals surface area contributed by atoms with E-state index < -0.39 is 46.8 Å². The van der Waals surface area contributed by atoms with E-state index in [4.69, 9.17) is 4.98 Å². The molecule has 15 heteroatoms. The fourth-order valence-corrected chi connectivity index (χ4v) is 7.16. The van der Waals surface area contributed by atoms with Gasteiger partial charge < -0.3 is 10.2 Å². The minimum absolute atomic E-state index is 0.0813. The predicted octanol–water partition coefficient (Wildman–Crippen LogP) is 5.25. The molecule has 5 rings (SSSR count). The molecule has 0 bridgehead atoms. The summed E-state index contributed by atoms with van der Waals surface area (Å²) in [7, 11) is -4.40. The van der Waals surface area contributed by atoms with Crippen molar-refractivity contribution in [2.45, 2.75) is 62.4 Å². The lowest BCUT2D eigenvalue weighted by Crippen LogP contribution is -2.40. The average Bonchev–Trinajstić information content (AvgIpc) is 3.68. The van der Waals surface area contributed by atoms with E-state index >= 15 is 0 Å². The number of likely N-dealkylation sites (tertiary alicyclic amines) is 1. The number of hydrogen-bond acceptors (Lipinski definition) is 7. The van der Waals surface area contributed by atoms with Crippen molar-refractivity contribution in [2.24, 2.45) is 0 Å². The molecule has 0 radical (unpaired) electrons. The number of nitrogens with one attached hydrogen (secondary N) is 1. The number of rotatable bonds is 8. The first-order chi connectivity index (χ1) is 19.4. The summed E-state index contributed by atoms with van der Waals surface area (Å²) < 4.78 is 86.6. The largest absolute Gasteiger partial charge is 0.383 e. The molecule has 1 atom stereocenters. The van der Waals surface area contributed by atoms with Gasteiger partial charge in [0.1, 0.15) is 17.9 Å². The van der Waals surface area contributed by atoms with Gasteiger partial charge in [0, 0.05) is 37.0 Å². The summed E-state index contributed by atoms with van der Waals surface area (Å²) in [6, 6.07) is 5.02. The van der Waals surface area contributed by atoms with Crippen LogP contribution in [0.5, 0.6) is 0 Å². The number of alkyl halides is 4. The highest BCUT2D eigenvalue weighted by atomic mass is 32.2. The Morgan fingerprint density at radius 1 is 1.20 bits per heavy atom. The number of aryl methyl sites for hydroxylation is 1. The smallest absolute Gasteiger partial charge is 0.294 e. The molecule has 41 heavy (non-hydrogen) atoms. The molecule has 2 aromatic heterocycles. The Kier molecular flexibility index (Phi) is 8.21. The Balaban J connectivity index is 1.20. The quantitative estimate of drug-likeness (QED) is 0.263. The van der Waals surface area contributed by atoms with Gasteiger partial charge in [-0.3, -0.25) is 14.0 Å². The number of benzene rings is 1. The van der Waals surface area contributed by atoms with Crippen LogP contribution in [0.4, 0.5) is 17.6 Å². The summed E-state index contributed by atoms with van der Waals surface area (Å²) in [5, 5.41) is 9.51. The maximum Gasteiger partial charge on any atom is 0.294 e. The van der Waals surface area contributed by atoms with Crippen LogP contribution in [0.3, 0.4) is 0 Å². The SMILES string of the molecule is Cc1cccc(S(=O)(=O)O)c1C1CC(c2csc(C3CCN(C(=O)Cn4nc(C(F)F)cc4C(F)F)CC3)n2)=CN1. The van der Waals surface area contributed by atoms with E-state index in [-0.39, 0.29) is 16.9 Å². The van der Waals surface area contributed by atoms with Crippen LogP contribution in [0.15, 0.2) is 40.7 Å². The maximum atomic E-state index is 13.3. The van der Waals surface area contributed by atoms with E-state index in [1.54, 1.807) is 25.3 Å². The molecule has 0 spiro atoms. The fourth-order valence-electron chi connectivity index (χ4n) is 5.32. The van der Waals surface area contributed by atoms with Gasteiger partial charge in [0.2, 0.25) is 5.91 Å². The molecule has 4 heterocycles. The van der Waals surface area contributed by atoms with Gasteiger partial charge in [0.05, 0.1) is 21.6 Å². The van der Waals surface area contributed by atoms with Crippen LogP contribution in [0.1, 0.15) is 77.3 Å². The van der Waals surface area contributed by atoms with Crippen LogP contribution < -0.4 is 5.32 Å². The summed E-state index contributed by atoms with van der Waals surface area (Å²) in [5.41, 5.74) is 1.40. The Morgan fingerprint density at radius 2 is 1.93 bits per heavy atom. The van der Waals surface area contributed by atoms with E-state index in [0.717, 1.165) is 21.8 Å². The Labute approximate surface area is 237 Å². The van der Waals surface area contributed by atoms with Crippen LogP contribution in [0.25, 0.3) is 5.57 Å². The zero-order valence-corrected chi connectivity index (χ0v) is 23.4. The van der Waals surface area contributed by atoms with E-state index in [9.17, 15) is 35.3 Å². The maximum absolute atomic E-state index is 13.3. The summed E-state index contributed by atoms with van der Waals surface area (Å²) in [6.45, 7) is 1.98. The number of aromatic nitrogens is 3. The summed E-state index contributed by atoms with van der Waals surface area (Å²) >= 11 is 1.49. The van der Waals surface area contributed by atoms with Crippen molar-refractivity contribution in [3.63, 3.8) is 0 Å². The number of amides is 1. The average molecular weight is 614 g/mol. The second-order valence-electron chi connectivity index (χ2n) is 10.0. The van der Waals surface area contributed by atoms with E-state index in [2.05, 4.69) is 10.4 Å². The molecule has 2 N–H and O–H groups in total.